The Morgan fingerprint density at radius 1 is 0.800 bits per heavy atom. The molecule has 10 heteroatoms. The van der Waals surface area contributed by atoms with Gasteiger partial charge in [-0.3, -0.25) is 9.59 Å². The van der Waals surface area contributed by atoms with Crippen LogP contribution in [-0.2, 0) is 51.2 Å². The molecule has 0 N–H and O–H groups in total. The Bertz CT molecular complexity index is 1060. The first-order valence-electron chi connectivity index (χ1n) is 13.5. The highest BCUT2D eigenvalue weighted by atomic mass is 28.3. The van der Waals surface area contributed by atoms with Gasteiger partial charge in [-0.1, -0.05) is 62.1 Å². The molecule has 0 bridgehead atoms. The van der Waals surface area contributed by atoms with E-state index >= 15 is 0 Å². The number of esters is 2. The van der Waals surface area contributed by atoms with Crippen LogP contribution in [0.25, 0.3) is 0 Å². The molecule has 40 heavy (non-hydrogen) atoms. The summed E-state index contributed by atoms with van der Waals surface area (Å²) in [6.07, 6.45) is -4.08. The Kier molecular flexibility index (Phi) is 12.1. The number of carbonyl (C=O) groups is 2. The van der Waals surface area contributed by atoms with Crippen molar-refractivity contribution in [2.24, 2.45) is 0 Å². The lowest BCUT2D eigenvalue weighted by atomic mass is 9.98. The third kappa shape index (κ3) is 10.3. The lowest BCUT2D eigenvalue weighted by Gasteiger charge is -2.45. The van der Waals surface area contributed by atoms with Gasteiger partial charge < -0.3 is 33.2 Å². The summed E-state index contributed by atoms with van der Waals surface area (Å²) in [6.45, 7) is 10.2. The molecule has 9 nitrogen and oxygen atoms in total. The Balaban J connectivity index is 1.92. The van der Waals surface area contributed by atoms with E-state index in [0.717, 1.165) is 22.9 Å². The van der Waals surface area contributed by atoms with Gasteiger partial charge in [0.2, 0.25) is 0 Å². The molecule has 220 valence electrons. The van der Waals surface area contributed by atoms with Gasteiger partial charge in [-0.25, -0.2) is 0 Å². The van der Waals surface area contributed by atoms with Gasteiger partial charge in [0.05, 0.1) is 20.3 Å². The minimum atomic E-state index is -1.41. The zero-order valence-electron chi connectivity index (χ0n) is 24.3. The summed E-state index contributed by atoms with van der Waals surface area (Å²) in [5.74, 6) is -0.243. The van der Waals surface area contributed by atoms with Crippen LogP contribution in [0.2, 0.25) is 25.7 Å². The van der Waals surface area contributed by atoms with Crippen LogP contribution in [-0.4, -0.2) is 71.0 Å². The standard InChI is InChI=1S/C30H42O9Si/c1-21(31)35-20-26-27(38-22(2)32)28(36-18-23-10-8-7-9-11-23)29(30(39-26)34-16-17-40(4,5)6)37-19-24-12-14-25(33-3)15-13-24/h7-15,26-30H,16-20H2,1-6H3/t26-,27+,28+,29-,30-/m1/s1. The second-order valence-electron chi connectivity index (χ2n) is 11.0. The monoisotopic (exact) mass is 574 g/mol. The van der Waals surface area contributed by atoms with Crippen molar-refractivity contribution in [3.63, 3.8) is 0 Å². The van der Waals surface area contributed by atoms with Crippen molar-refractivity contribution in [2.75, 3.05) is 20.3 Å². The van der Waals surface area contributed by atoms with Crippen molar-refractivity contribution in [3.05, 3.63) is 65.7 Å². The molecule has 0 unspecified atom stereocenters. The number of ether oxygens (including phenoxy) is 7. The van der Waals surface area contributed by atoms with Crippen molar-refractivity contribution < 1.29 is 42.7 Å². The predicted molar refractivity (Wildman–Crippen MR) is 152 cm³/mol. The Morgan fingerprint density at radius 3 is 2.00 bits per heavy atom. The summed E-state index contributed by atoms with van der Waals surface area (Å²) in [7, 11) is 0.209. The summed E-state index contributed by atoms with van der Waals surface area (Å²) >= 11 is 0. The number of methoxy groups -OCH3 is 1. The molecule has 1 fully saturated rings. The number of benzene rings is 2. The molecule has 1 aliphatic heterocycles. The van der Waals surface area contributed by atoms with E-state index in [1.807, 2.05) is 54.6 Å². The molecular formula is C30H42O9Si. The molecule has 0 aromatic heterocycles. The first-order chi connectivity index (χ1) is 19.1. The van der Waals surface area contributed by atoms with Crippen LogP contribution in [0.5, 0.6) is 5.75 Å². The smallest absolute Gasteiger partial charge is 0.303 e. The fraction of sp³-hybridized carbons (Fsp3) is 0.533. The molecule has 0 amide bonds. The second-order valence-corrected chi connectivity index (χ2v) is 16.6. The molecule has 5 atom stereocenters. The van der Waals surface area contributed by atoms with Crippen molar-refractivity contribution in [2.45, 2.75) is 83.5 Å². The highest BCUT2D eigenvalue weighted by molar-refractivity contribution is 6.76. The average molecular weight is 575 g/mol. The normalized spacial score (nSPS) is 22.9. The van der Waals surface area contributed by atoms with Gasteiger partial charge in [0, 0.05) is 28.5 Å². The maximum Gasteiger partial charge on any atom is 0.303 e. The van der Waals surface area contributed by atoms with Crippen molar-refractivity contribution in [1.29, 1.82) is 0 Å². The molecule has 0 aliphatic carbocycles. The van der Waals surface area contributed by atoms with Crippen molar-refractivity contribution in [1.82, 2.24) is 0 Å². The number of rotatable bonds is 14. The lowest BCUT2D eigenvalue weighted by molar-refractivity contribution is -0.320. The first-order valence-corrected chi connectivity index (χ1v) is 17.2. The van der Waals surface area contributed by atoms with Crippen LogP contribution < -0.4 is 4.74 Å². The third-order valence-electron chi connectivity index (χ3n) is 6.37. The molecule has 1 saturated heterocycles. The predicted octanol–water partition coefficient (Wildman–Crippen LogP) is 4.74. The first kappa shape index (κ1) is 31.8. The summed E-state index contributed by atoms with van der Waals surface area (Å²) in [4.78, 5) is 23.9. The van der Waals surface area contributed by atoms with Crippen LogP contribution >= 0.6 is 0 Å². The van der Waals surface area contributed by atoms with Gasteiger partial charge in [0.1, 0.15) is 30.7 Å². The van der Waals surface area contributed by atoms with Gasteiger partial charge in [-0.15, -0.1) is 0 Å². The fourth-order valence-corrected chi connectivity index (χ4v) is 4.94. The summed E-state index contributed by atoms with van der Waals surface area (Å²) in [5, 5.41) is 0. The molecule has 1 heterocycles. The molecule has 0 radical (unpaired) electrons. The summed E-state index contributed by atoms with van der Waals surface area (Å²) in [5.41, 5.74) is 1.85. The van der Waals surface area contributed by atoms with E-state index < -0.39 is 50.7 Å². The minimum Gasteiger partial charge on any atom is -0.497 e. The highest BCUT2D eigenvalue weighted by Crippen LogP contribution is 2.31. The number of hydrogen-bond donors (Lipinski definition) is 0. The van der Waals surface area contributed by atoms with E-state index in [0.29, 0.717) is 6.61 Å². The Hall–Kier alpha value is -2.76. The molecule has 0 saturated carbocycles. The minimum absolute atomic E-state index is 0.127. The van der Waals surface area contributed by atoms with Gasteiger partial charge in [0.25, 0.3) is 0 Å². The molecular weight excluding hydrogens is 532 g/mol. The molecule has 3 rings (SSSR count). The van der Waals surface area contributed by atoms with Crippen LogP contribution in [0.4, 0.5) is 0 Å². The Labute approximate surface area is 238 Å². The lowest BCUT2D eigenvalue weighted by Crippen LogP contribution is -2.62. The van der Waals surface area contributed by atoms with Crippen molar-refractivity contribution in [3.8, 4) is 5.75 Å². The number of carbonyl (C=O) groups excluding carboxylic acids is 2. The molecule has 2 aromatic rings. The second kappa shape index (κ2) is 15.3. The summed E-state index contributed by atoms with van der Waals surface area (Å²) in [6, 6.07) is 18.1. The average Bonchev–Trinajstić information content (AvgIpc) is 2.91. The number of hydrogen-bond acceptors (Lipinski definition) is 9. The zero-order valence-corrected chi connectivity index (χ0v) is 25.3. The van der Waals surface area contributed by atoms with Gasteiger partial charge >= 0.3 is 11.9 Å². The zero-order chi connectivity index (χ0) is 29.1. The van der Waals surface area contributed by atoms with E-state index in [2.05, 4.69) is 19.6 Å². The van der Waals surface area contributed by atoms with E-state index in [1.54, 1.807) is 7.11 Å². The molecule has 0 spiro atoms. The van der Waals surface area contributed by atoms with Crippen LogP contribution in [0.3, 0.4) is 0 Å². The Morgan fingerprint density at radius 2 is 1.43 bits per heavy atom. The maximum absolute atomic E-state index is 12.2. The van der Waals surface area contributed by atoms with Gasteiger partial charge in [-0.2, -0.15) is 0 Å². The highest BCUT2D eigenvalue weighted by Gasteiger charge is 2.50. The third-order valence-corrected chi connectivity index (χ3v) is 8.07. The van der Waals surface area contributed by atoms with Gasteiger partial charge in [-0.05, 0) is 29.3 Å². The van der Waals surface area contributed by atoms with Crippen LogP contribution in [0.1, 0.15) is 25.0 Å². The van der Waals surface area contributed by atoms with Crippen LogP contribution in [0, 0.1) is 0 Å². The summed E-state index contributed by atoms with van der Waals surface area (Å²) < 4.78 is 41.7. The topological polar surface area (TPSA) is 98.8 Å². The van der Waals surface area contributed by atoms with Crippen molar-refractivity contribution >= 4 is 20.0 Å². The van der Waals surface area contributed by atoms with E-state index in [4.69, 9.17) is 33.2 Å². The van der Waals surface area contributed by atoms with E-state index in [1.165, 1.54) is 13.8 Å². The van der Waals surface area contributed by atoms with Gasteiger partial charge in [0.15, 0.2) is 12.4 Å². The molecule has 2 aromatic carbocycles. The molecule has 1 aliphatic rings. The van der Waals surface area contributed by atoms with E-state index in [-0.39, 0.29) is 19.8 Å². The maximum atomic E-state index is 12.2. The quantitative estimate of drug-likeness (QED) is 0.234. The largest absolute Gasteiger partial charge is 0.497 e. The fourth-order valence-electron chi connectivity index (χ4n) is 4.21. The van der Waals surface area contributed by atoms with E-state index in [9.17, 15) is 9.59 Å². The SMILES string of the molecule is COc1ccc(CO[C@H]2[C@H](OCC[Si](C)(C)C)O[C@H](COC(C)=O)[C@H](OC(C)=O)[C@@H]2OCc2ccccc2)cc1. The van der Waals surface area contributed by atoms with Crippen LogP contribution in [0.15, 0.2) is 54.6 Å².